The molecule has 0 saturated heterocycles. The van der Waals surface area contributed by atoms with Crippen LogP contribution in [0.15, 0.2) is 11.6 Å². The quantitative estimate of drug-likeness (QED) is 0.433. The first kappa shape index (κ1) is 16.7. The standard InChI is InChI=1S/C20H30O3/c1-18(13-21)10-5-7-15-14(18)8-9-16-19(15,2)11-6-12-20(16,3)17(22)23-4/h7,13-14,16H,5-6,8-12H2,1-4H3/t14?,16-,18+,19-,20+/m0/s1. The number of allylic oxidation sites excluding steroid dienone is 2. The highest BCUT2D eigenvalue weighted by molar-refractivity contribution is 5.77. The zero-order chi connectivity index (χ0) is 16.9. The van der Waals surface area contributed by atoms with Gasteiger partial charge in [-0.25, -0.2) is 0 Å². The third-order valence-electron chi connectivity index (χ3n) is 7.47. The minimum absolute atomic E-state index is 0.0365. The van der Waals surface area contributed by atoms with Crippen LogP contribution in [0.3, 0.4) is 0 Å². The van der Waals surface area contributed by atoms with Crippen molar-refractivity contribution in [2.45, 2.75) is 65.7 Å². The van der Waals surface area contributed by atoms with E-state index in [9.17, 15) is 9.59 Å². The second-order valence-electron chi connectivity index (χ2n) is 8.68. The molecule has 0 N–H and O–H groups in total. The Morgan fingerprint density at radius 1 is 1.22 bits per heavy atom. The van der Waals surface area contributed by atoms with E-state index >= 15 is 0 Å². The second-order valence-corrected chi connectivity index (χ2v) is 8.68. The van der Waals surface area contributed by atoms with Crippen molar-refractivity contribution in [3.8, 4) is 0 Å². The lowest BCUT2D eigenvalue weighted by Gasteiger charge is -2.59. The summed E-state index contributed by atoms with van der Waals surface area (Å²) in [6, 6.07) is 0. The molecule has 3 aliphatic rings. The summed E-state index contributed by atoms with van der Waals surface area (Å²) in [4.78, 5) is 24.3. The van der Waals surface area contributed by atoms with Crippen LogP contribution in [0.4, 0.5) is 0 Å². The van der Waals surface area contributed by atoms with Crippen LogP contribution in [-0.2, 0) is 14.3 Å². The number of fused-ring (bicyclic) bond motifs is 3. The van der Waals surface area contributed by atoms with Crippen molar-refractivity contribution in [3.05, 3.63) is 11.6 Å². The Kier molecular flexibility index (Phi) is 3.97. The highest BCUT2D eigenvalue weighted by Crippen LogP contribution is 2.64. The van der Waals surface area contributed by atoms with Crippen LogP contribution >= 0.6 is 0 Å². The number of carbonyl (C=O) groups excluding carboxylic acids is 2. The van der Waals surface area contributed by atoms with Crippen LogP contribution in [0.1, 0.15) is 65.7 Å². The lowest BCUT2D eigenvalue weighted by atomic mass is 9.44. The molecule has 0 aromatic carbocycles. The molecule has 0 heterocycles. The minimum atomic E-state index is -0.386. The molecular formula is C20H30O3. The number of hydrogen-bond acceptors (Lipinski definition) is 3. The number of ether oxygens (including phenoxy) is 1. The molecule has 2 fully saturated rings. The third-order valence-corrected chi connectivity index (χ3v) is 7.47. The Morgan fingerprint density at radius 2 is 1.96 bits per heavy atom. The first-order chi connectivity index (χ1) is 10.8. The summed E-state index contributed by atoms with van der Waals surface area (Å²) >= 11 is 0. The maximum Gasteiger partial charge on any atom is 0.311 e. The summed E-state index contributed by atoms with van der Waals surface area (Å²) in [7, 11) is 1.51. The first-order valence-electron chi connectivity index (χ1n) is 9.07. The number of rotatable bonds is 2. The van der Waals surface area contributed by atoms with Gasteiger partial charge in [0.15, 0.2) is 0 Å². The maximum absolute atomic E-state index is 12.5. The summed E-state index contributed by atoms with van der Waals surface area (Å²) < 4.78 is 5.17. The Balaban J connectivity index is 2.03. The van der Waals surface area contributed by atoms with Crippen molar-refractivity contribution in [3.63, 3.8) is 0 Å². The molecule has 3 nitrogen and oxygen atoms in total. The second kappa shape index (κ2) is 5.46. The minimum Gasteiger partial charge on any atom is -0.469 e. The van der Waals surface area contributed by atoms with Crippen molar-refractivity contribution >= 4 is 12.3 Å². The van der Waals surface area contributed by atoms with E-state index in [2.05, 4.69) is 26.8 Å². The fourth-order valence-corrected chi connectivity index (χ4v) is 6.14. The number of hydrogen-bond donors (Lipinski definition) is 0. The SMILES string of the molecule is COC(=O)[C@]1(C)CCC[C@@]2(C)C3=CCC[C@](C)(C=O)C3CC[C@H]12. The van der Waals surface area contributed by atoms with Crippen LogP contribution in [0.2, 0.25) is 0 Å². The Labute approximate surface area is 139 Å². The Hall–Kier alpha value is -1.12. The van der Waals surface area contributed by atoms with Gasteiger partial charge in [-0.15, -0.1) is 0 Å². The van der Waals surface area contributed by atoms with E-state index in [1.807, 2.05) is 0 Å². The van der Waals surface area contributed by atoms with Gasteiger partial charge in [0.25, 0.3) is 0 Å². The molecule has 0 spiro atoms. The fourth-order valence-electron chi connectivity index (χ4n) is 6.14. The van der Waals surface area contributed by atoms with E-state index in [1.165, 1.54) is 19.0 Å². The zero-order valence-corrected chi connectivity index (χ0v) is 15.0. The maximum atomic E-state index is 12.5. The molecule has 0 radical (unpaired) electrons. The van der Waals surface area contributed by atoms with E-state index in [1.54, 1.807) is 0 Å². The molecule has 3 heteroatoms. The highest BCUT2D eigenvalue weighted by Gasteiger charge is 2.59. The van der Waals surface area contributed by atoms with E-state index in [0.29, 0.717) is 11.8 Å². The molecular weight excluding hydrogens is 288 g/mol. The summed E-state index contributed by atoms with van der Waals surface area (Å²) in [5, 5.41) is 0. The molecule has 1 unspecified atom stereocenters. The predicted octanol–water partition coefficient (Wildman–Crippen LogP) is 4.31. The van der Waals surface area contributed by atoms with Crippen LogP contribution < -0.4 is 0 Å². The molecule has 128 valence electrons. The average molecular weight is 318 g/mol. The fraction of sp³-hybridized carbons (Fsp3) is 0.800. The normalized spacial score (nSPS) is 46.2. The zero-order valence-electron chi connectivity index (χ0n) is 15.0. The van der Waals surface area contributed by atoms with Gasteiger partial charge in [0.1, 0.15) is 6.29 Å². The molecule has 3 aliphatic carbocycles. The van der Waals surface area contributed by atoms with Crippen molar-refractivity contribution in [2.24, 2.45) is 28.1 Å². The van der Waals surface area contributed by atoms with E-state index in [-0.39, 0.29) is 22.2 Å². The largest absolute Gasteiger partial charge is 0.469 e. The van der Waals surface area contributed by atoms with Crippen molar-refractivity contribution in [2.75, 3.05) is 7.11 Å². The highest BCUT2D eigenvalue weighted by atomic mass is 16.5. The van der Waals surface area contributed by atoms with Gasteiger partial charge >= 0.3 is 5.97 Å². The Morgan fingerprint density at radius 3 is 2.61 bits per heavy atom. The number of esters is 1. The summed E-state index contributed by atoms with van der Waals surface area (Å²) in [5.41, 5.74) is 0.888. The summed E-state index contributed by atoms with van der Waals surface area (Å²) in [6.07, 6.45) is 10.7. The van der Waals surface area contributed by atoms with Crippen LogP contribution in [-0.4, -0.2) is 19.4 Å². The number of methoxy groups -OCH3 is 1. The van der Waals surface area contributed by atoms with Crippen molar-refractivity contribution in [1.29, 1.82) is 0 Å². The third kappa shape index (κ3) is 2.22. The molecule has 0 bridgehead atoms. The lowest BCUT2D eigenvalue weighted by Crippen LogP contribution is -2.54. The van der Waals surface area contributed by atoms with Gasteiger partial charge in [0.2, 0.25) is 0 Å². The summed E-state index contributed by atoms with van der Waals surface area (Å²) in [5.74, 6) is 0.629. The van der Waals surface area contributed by atoms with Crippen molar-refractivity contribution in [1.82, 2.24) is 0 Å². The molecule has 23 heavy (non-hydrogen) atoms. The van der Waals surface area contributed by atoms with E-state index in [4.69, 9.17) is 4.74 Å². The monoisotopic (exact) mass is 318 g/mol. The Bertz CT molecular complexity index is 551. The van der Waals surface area contributed by atoms with Gasteiger partial charge < -0.3 is 9.53 Å². The molecule has 3 rings (SSSR count). The van der Waals surface area contributed by atoms with E-state index < -0.39 is 0 Å². The lowest BCUT2D eigenvalue weighted by molar-refractivity contribution is -0.165. The van der Waals surface area contributed by atoms with Crippen molar-refractivity contribution < 1.29 is 14.3 Å². The van der Waals surface area contributed by atoms with Gasteiger partial charge in [-0.2, -0.15) is 0 Å². The predicted molar refractivity (Wildman–Crippen MR) is 89.8 cm³/mol. The van der Waals surface area contributed by atoms with Gasteiger partial charge in [0, 0.05) is 5.41 Å². The molecule has 0 amide bonds. The molecule has 0 aromatic heterocycles. The molecule has 0 aliphatic heterocycles. The van der Waals surface area contributed by atoms with Gasteiger partial charge in [-0.1, -0.05) is 31.9 Å². The molecule has 2 saturated carbocycles. The number of aldehydes is 1. The summed E-state index contributed by atoms with van der Waals surface area (Å²) in [6.45, 7) is 6.57. The van der Waals surface area contributed by atoms with Gasteiger partial charge in [0.05, 0.1) is 12.5 Å². The van der Waals surface area contributed by atoms with Crippen LogP contribution in [0, 0.1) is 28.1 Å². The smallest absolute Gasteiger partial charge is 0.311 e. The van der Waals surface area contributed by atoms with Gasteiger partial charge in [-0.3, -0.25) is 4.79 Å². The molecule has 0 aromatic rings. The topological polar surface area (TPSA) is 43.4 Å². The van der Waals surface area contributed by atoms with Crippen LogP contribution in [0.25, 0.3) is 0 Å². The van der Waals surface area contributed by atoms with Gasteiger partial charge in [-0.05, 0) is 62.7 Å². The number of carbonyl (C=O) groups is 2. The first-order valence-corrected chi connectivity index (χ1v) is 9.07. The van der Waals surface area contributed by atoms with Crippen LogP contribution in [0.5, 0.6) is 0 Å². The van der Waals surface area contributed by atoms with E-state index in [0.717, 1.165) is 44.9 Å². The molecule has 5 atom stereocenters. The average Bonchev–Trinajstić information content (AvgIpc) is 2.54.